The summed E-state index contributed by atoms with van der Waals surface area (Å²) in [5.41, 5.74) is 0.903. The third-order valence-corrected chi connectivity index (χ3v) is 3.55. The van der Waals surface area contributed by atoms with Crippen LogP contribution in [0.3, 0.4) is 0 Å². The molecule has 0 radical (unpaired) electrons. The molecule has 1 aliphatic carbocycles. The van der Waals surface area contributed by atoms with E-state index >= 15 is 0 Å². The molecule has 1 fully saturated rings. The zero-order valence-electron chi connectivity index (χ0n) is 10.7. The summed E-state index contributed by atoms with van der Waals surface area (Å²) < 4.78 is 5.27. The first-order chi connectivity index (χ1) is 9.15. The van der Waals surface area contributed by atoms with E-state index in [9.17, 15) is 4.79 Å². The standard InChI is InChI=1S/C14H18ClNO3/c15-11-5-6-13(19-9-14(17)18)10(7-11)8-16-12-3-1-2-4-12/h5-7,12,16H,1-4,8-9H2,(H,17,18). The number of benzene rings is 1. The first-order valence-corrected chi connectivity index (χ1v) is 6.89. The van der Waals surface area contributed by atoms with Gasteiger partial charge in [-0.1, -0.05) is 24.4 Å². The summed E-state index contributed by atoms with van der Waals surface area (Å²) in [5.74, 6) is -0.401. The van der Waals surface area contributed by atoms with Crippen LogP contribution in [-0.2, 0) is 11.3 Å². The lowest BCUT2D eigenvalue weighted by molar-refractivity contribution is -0.139. The molecule has 0 saturated heterocycles. The van der Waals surface area contributed by atoms with E-state index in [-0.39, 0.29) is 6.61 Å². The van der Waals surface area contributed by atoms with Crippen molar-refractivity contribution in [3.05, 3.63) is 28.8 Å². The van der Waals surface area contributed by atoms with Crippen LogP contribution in [0.25, 0.3) is 0 Å². The normalized spacial score (nSPS) is 15.6. The van der Waals surface area contributed by atoms with Crippen molar-refractivity contribution >= 4 is 17.6 Å². The summed E-state index contributed by atoms with van der Waals surface area (Å²) >= 11 is 5.98. The number of ether oxygens (including phenoxy) is 1. The zero-order chi connectivity index (χ0) is 13.7. The number of aliphatic carboxylic acids is 1. The Morgan fingerprint density at radius 3 is 2.84 bits per heavy atom. The fourth-order valence-corrected chi connectivity index (χ4v) is 2.55. The Hall–Kier alpha value is -1.26. The first kappa shape index (κ1) is 14.2. The molecule has 19 heavy (non-hydrogen) atoms. The maximum atomic E-state index is 10.6. The van der Waals surface area contributed by atoms with Gasteiger partial charge in [0.05, 0.1) is 0 Å². The number of hydrogen-bond acceptors (Lipinski definition) is 3. The second-order valence-corrected chi connectivity index (χ2v) is 5.23. The van der Waals surface area contributed by atoms with Crippen molar-refractivity contribution in [2.45, 2.75) is 38.3 Å². The van der Waals surface area contributed by atoms with Crippen molar-refractivity contribution in [1.82, 2.24) is 5.32 Å². The molecule has 1 saturated carbocycles. The highest BCUT2D eigenvalue weighted by molar-refractivity contribution is 6.30. The molecule has 1 aliphatic rings. The highest BCUT2D eigenvalue weighted by Gasteiger charge is 2.15. The van der Waals surface area contributed by atoms with E-state index in [0.29, 0.717) is 23.4 Å². The van der Waals surface area contributed by atoms with Gasteiger partial charge in [0, 0.05) is 23.2 Å². The Labute approximate surface area is 117 Å². The molecule has 0 heterocycles. The van der Waals surface area contributed by atoms with Crippen molar-refractivity contribution in [3.8, 4) is 5.75 Å². The van der Waals surface area contributed by atoms with Crippen molar-refractivity contribution in [1.29, 1.82) is 0 Å². The fraction of sp³-hybridized carbons (Fsp3) is 0.500. The summed E-state index contributed by atoms with van der Waals surface area (Å²) in [4.78, 5) is 10.6. The fourth-order valence-electron chi connectivity index (χ4n) is 2.35. The van der Waals surface area contributed by atoms with Gasteiger partial charge >= 0.3 is 5.97 Å². The predicted octanol–water partition coefficient (Wildman–Crippen LogP) is 2.84. The molecule has 0 bridgehead atoms. The van der Waals surface area contributed by atoms with Gasteiger partial charge in [-0.05, 0) is 31.0 Å². The second kappa shape index (κ2) is 6.78. The number of carbonyl (C=O) groups is 1. The second-order valence-electron chi connectivity index (χ2n) is 4.80. The molecule has 1 aromatic carbocycles. The van der Waals surface area contributed by atoms with E-state index in [0.717, 1.165) is 5.56 Å². The maximum absolute atomic E-state index is 10.6. The van der Waals surface area contributed by atoms with E-state index in [2.05, 4.69) is 5.32 Å². The average Bonchev–Trinajstić information content (AvgIpc) is 2.88. The summed E-state index contributed by atoms with van der Waals surface area (Å²) in [5, 5.41) is 12.8. The van der Waals surface area contributed by atoms with Crippen LogP contribution in [0.2, 0.25) is 5.02 Å². The van der Waals surface area contributed by atoms with Gasteiger partial charge in [-0.25, -0.2) is 4.79 Å². The summed E-state index contributed by atoms with van der Waals surface area (Å²) in [6.07, 6.45) is 4.95. The number of carboxylic acid groups (broad SMARTS) is 1. The van der Waals surface area contributed by atoms with E-state index in [4.69, 9.17) is 21.4 Å². The number of halogens is 1. The van der Waals surface area contributed by atoms with Crippen LogP contribution in [0, 0.1) is 0 Å². The number of hydrogen-bond donors (Lipinski definition) is 2. The van der Waals surface area contributed by atoms with Gasteiger partial charge in [0.25, 0.3) is 0 Å². The highest BCUT2D eigenvalue weighted by Crippen LogP contribution is 2.24. The molecule has 1 aromatic rings. The Morgan fingerprint density at radius 1 is 1.42 bits per heavy atom. The van der Waals surface area contributed by atoms with Crippen LogP contribution in [0.4, 0.5) is 0 Å². The van der Waals surface area contributed by atoms with Crippen LogP contribution >= 0.6 is 11.6 Å². The van der Waals surface area contributed by atoms with Crippen LogP contribution in [0.5, 0.6) is 5.75 Å². The van der Waals surface area contributed by atoms with E-state index < -0.39 is 5.97 Å². The van der Waals surface area contributed by atoms with Crippen LogP contribution in [0.15, 0.2) is 18.2 Å². The van der Waals surface area contributed by atoms with Gasteiger partial charge in [0.2, 0.25) is 0 Å². The molecular weight excluding hydrogens is 266 g/mol. The van der Waals surface area contributed by atoms with E-state index in [1.807, 2.05) is 6.07 Å². The molecule has 2 rings (SSSR count). The van der Waals surface area contributed by atoms with Crippen molar-refractivity contribution in [2.24, 2.45) is 0 Å². The molecule has 0 spiro atoms. The lowest BCUT2D eigenvalue weighted by Gasteiger charge is -2.15. The minimum absolute atomic E-state index is 0.335. The average molecular weight is 284 g/mol. The Balaban J connectivity index is 1.99. The third-order valence-electron chi connectivity index (χ3n) is 3.31. The molecular formula is C14H18ClNO3. The Kier molecular flexibility index (Phi) is 5.05. The Bertz CT molecular complexity index is 444. The van der Waals surface area contributed by atoms with Crippen LogP contribution in [0.1, 0.15) is 31.2 Å². The lowest BCUT2D eigenvalue weighted by Crippen LogP contribution is -2.25. The van der Waals surface area contributed by atoms with Gasteiger partial charge in [0.15, 0.2) is 6.61 Å². The smallest absolute Gasteiger partial charge is 0.341 e. The van der Waals surface area contributed by atoms with Crippen molar-refractivity contribution in [2.75, 3.05) is 6.61 Å². The van der Waals surface area contributed by atoms with Crippen LogP contribution < -0.4 is 10.1 Å². The zero-order valence-corrected chi connectivity index (χ0v) is 11.4. The molecule has 104 valence electrons. The van der Waals surface area contributed by atoms with E-state index in [1.54, 1.807) is 12.1 Å². The monoisotopic (exact) mass is 283 g/mol. The molecule has 0 aliphatic heterocycles. The predicted molar refractivity (Wildman–Crippen MR) is 73.7 cm³/mol. The number of carboxylic acids is 1. The largest absolute Gasteiger partial charge is 0.482 e. The molecule has 2 N–H and O–H groups in total. The topological polar surface area (TPSA) is 58.6 Å². The molecule has 0 unspecified atom stereocenters. The molecule has 4 nitrogen and oxygen atoms in total. The van der Waals surface area contributed by atoms with Crippen LogP contribution in [-0.4, -0.2) is 23.7 Å². The SMILES string of the molecule is O=C(O)COc1ccc(Cl)cc1CNC1CCCC1. The third kappa shape index (κ3) is 4.40. The minimum Gasteiger partial charge on any atom is -0.482 e. The lowest BCUT2D eigenvalue weighted by atomic mass is 10.1. The number of nitrogens with one attached hydrogen (secondary N) is 1. The highest BCUT2D eigenvalue weighted by atomic mass is 35.5. The summed E-state index contributed by atoms with van der Waals surface area (Å²) in [6, 6.07) is 5.79. The minimum atomic E-state index is -0.982. The Morgan fingerprint density at radius 2 is 2.16 bits per heavy atom. The van der Waals surface area contributed by atoms with Crippen molar-refractivity contribution in [3.63, 3.8) is 0 Å². The molecule has 5 heteroatoms. The quantitative estimate of drug-likeness (QED) is 0.843. The summed E-state index contributed by atoms with van der Waals surface area (Å²) in [7, 11) is 0. The molecule has 0 amide bonds. The van der Waals surface area contributed by atoms with E-state index in [1.165, 1.54) is 25.7 Å². The van der Waals surface area contributed by atoms with Gasteiger partial charge in [-0.15, -0.1) is 0 Å². The van der Waals surface area contributed by atoms with Gasteiger partial charge in [-0.2, -0.15) is 0 Å². The molecule has 0 atom stereocenters. The first-order valence-electron chi connectivity index (χ1n) is 6.51. The maximum Gasteiger partial charge on any atom is 0.341 e. The van der Waals surface area contributed by atoms with Gasteiger partial charge in [0.1, 0.15) is 5.75 Å². The number of rotatable bonds is 6. The molecule has 0 aromatic heterocycles. The van der Waals surface area contributed by atoms with Gasteiger partial charge in [-0.3, -0.25) is 0 Å². The van der Waals surface area contributed by atoms with Crippen molar-refractivity contribution < 1.29 is 14.6 Å². The summed E-state index contributed by atoms with van der Waals surface area (Å²) in [6.45, 7) is 0.318. The van der Waals surface area contributed by atoms with Gasteiger partial charge < -0.3 is 15.2 Å².